The van der Waals surface area contributed by atoms with Gasteiger partial charge in [0.15, 0.2) is 0 Å². The lowest BCUT2D eigenvalue weighted by Gasteiger charge is -2.35. The van der Waals surface area contributed by atoms with E-state index in [1.54, 1.807) is 6.20 Å². The second-order valence-corrected chi connectivity index (χ2v) is 8.85. The Hall–Kier alpha value is -3.71. The summed E-state index contributed by atoms with van der Waals surface area (Å²) in [6.45, 7) is 3.28. The molecular formula is C28H29N3O4. The van der Waals surface area contributed by atoms with Crippen molar-refractivity contribution in [2.24, 2.45) is 0 Å². The number of carbonyl (C=O) groups is 2. The summed E-state index contributed by atoms with van der Waals surface area (Å²) in [5, 5.41) is 0. The molecule has 0 aliphatic carbocycles. The van der Waals surface area contributed by atoms with Gasteiger partial charge in [-0.25, -0.2) is 4.98 Å². The van der Waals surface area contributed by atoms with E-state index < -0.39 is 0 Å². The van der Waals surface area contributed by atoms with Gasteiger partial charge in [-0.2, -0.15) is 0 Å². The summed E-state index contributed by atoms with van der Waals surface area (Å²) in [5.41, 5.74) is 3.69. The third-order valence-electron chi connectivity index (χ3n) is 6.51. The third kappa shape index (κ3) is 5.52. The molecule has 3 heterocycles. The lowest BCUT2D eigenvalue weighted by molar-refractivity contribution is -0.142. The Kier molecular flexibility index (Phi) is 7.04. The van der Waals surface area contributed by atoms with Crippen LogP contribution in [0.25, 0.3) is 11.1 Å². The van der Waals surface area contributed by atoms with Crippen molar-refractivity contribution < 1.29 is 19.1 Å². The molecule has 0 spiro atoms. The minimum absolute atomic E-state index is 0.0117. The van der Waals surface area contributed by atoms with E-state index in [-0.39, 0.29) is 17.9 Å². The van der Waals surface area contributed by atoms with Crippen molar-refractivity contribution in [3.05, 3.63) is 84.1 Å². The van der Waals surface area contributed by atoms with Gasteiger partial charge in [0.2, 0.25) is 5.88 Å². The first-order chi connectivity index (χ1) is 17.2. The lowest BCUT2D eigenvalue weighted by atomic mass is 10.0. The molecule has 5 rings (SSSR count). The van der Waals surface area contributed by atoms with Crippen LogP contribution in [0.4, 0.5) is 0 Å². The standard InChI is InChI=1S/C28H29N3O4/c32-27(30-14-16-31(17-15-30)28(33)25-7-4-18-34-25)23-10-8-22(9-11-23)24-12-13-29-26(19-24)35-20-21-5-2-1-3-6-21/h1-3,5-6,8-13,19,25H,4,7,14-18,20H2/t25-/m0/s1. The van der Waals surface area contributed by atoms with Crippen molar-refractivity contribution in [3.63, 3.8) is 0 Å². The van der Waals surface area contributed by atoms with Crippen molar-refractivity contribution in [2.45, 2.75) is 25.6 Å². The van der Waals surface area contributed by atoms with Crippen molar-refractivity contribution >= 4 is 11.8 Å². The highest BCUT2D eigenvalue weighted by Crippen LogP contribution is 2.24. The second-order valence-electron chi connectivity index (χ2n) is 8.85. The molecule has 2 amide bonds. The van der Waals surface area contributed by atoms with Gasteiger partial charge >= 0.3 is 0 Å². The van der Waals surface area contributed by atoms with Crippen LogP contribution in [0.2, 0.25) is 0 Å². The van der Waals surface area contributed by atoms with Crippen molar-refractivity contribution in [2.75, 3.05) is 32.8 Å². The average Bonchev–Trinajstić information content (AvgIpc) is 3.47. The van der Waals surface area contributed by atoms with E-state index in [0.29, 0.717) is 50.8 Å². The van der Waals surface area contributed by atoms with Crippen LogP contribution < -0.4 is 4.74 Å². The monoisotopic (exact) mass is 471 g/mol. The van der Waals surface area contributed by atoms with Crippen molar-refractivity contribution in [1.82, 2.24) is 14.8 Å². The highest BCUT2D eigenvalue weighted by atomic mass is 16.5. The molecule has 0 unspecified atom stereocenters. The summed E-state index contributed by atoms with van der Waals surface area (Å²) in [6.07, 6.45) is 3.16. The molecule has 1 atom stereocenters. The molecule has 2 aromatic carbocycles. The Morgan fingerprint density at radius 3 is 2.37 bits per heavy atom. The van der Waals surface area contributed by atoms with E-state index in [1.165, 1.54) is 0 Å². The fourth-order valence-corrected chi connectivity index (χ4v) is 4.49. The molecule has 3 aromatic rings. The molecule has 0 saturated carbocycles. The zero-order valence-corrected chi connectivity index (χ0v) is 19.6. The molecule has 35 heavy (non-hydrogen) atoms. The molecule has 2 aliphatic heterocycles. The number of amides is 2. The summed E-state index contributed by atoms with van der Waals surface area (Å²) < 4.78 is 11.4. The third-order valence-corrected chi connectivity index (χ3v) is 6.51. The summed E-state index contributed by atoms with van der Waals surface area (Å²) in [7, 11) is 0. The fraction of sp³-hybridized carbons (Fsp3) is 0.321. The van der Waals surface area contributed by atoms with E-state index in [0.717, 1.165) is 29.5 Å². The number of hydrogen-bond acceptors (Lipinski definition) is 5. The molecule has 7 heteroatoms. The normalized spacial score (nSPS) is 17.9. The minimum atomic E-state index is -0.303. The van der Waals surface area contributed by atoms with Crippen LogP contribution >= 0.6 is 0 Å². The number of piperazine rings is 1. The number of carbonyl (C=O) groups excluding carboxylic acids is 2. The van der Waals surface area contributed by atoms with Gasteiger partial charge in [-0.1, -0.05) is 42.5 Å². The van der Waals surface area contributed by atoms with E-state index >= 15 is 0 Å². The largest absolute Gasteiger partial charge is 0.473 e. The molecule has 2 fully saturated rings. The van der Waals surface area contributed by atoms with Crippen molar-refractivity contribution in [3.8, 4) is 17.0 Å². The quantitative estimate of drug-likeness (QED) is 0.547. The SMILES string of the molecule is O=C(c1ccc(-c2ccnc(OCc3ccccc3)c2)cc1)N1CCN(C(=O)[C@@H]2CCCO2)CC1. The highest BCUT2D eigenvalue weighted by Gasteiger charge is 2.31. The van der Waals surface area contributed by atoms with Gasteiger partial charge in [-0.05, 0) is 47.7 Å². The number of rotatable bonds is 6. The maximum atomic E-state index is 13.0. The van der Waals surface area contributed by atoms with E-state index in [1.807, 2.05) is 76.5 Å². The molecule has 7 nitrogen and oxygen atoms in total. The Bertz CT molecular complexity index is 1150. The van der Waals surface area contributed by atoms with Crippen LogP contribution in [0.15, 0.2) is 72.9 Å². The fourth-order valence-electron chi connectivity index (χ4n) is 4.49. The molecule has 180 valence electrons. The van der Waals surface area contributed by atoms with Crippen LogP contribution in [-0.4, -0.2) is 65.5 Å². The number of hydrogen-bond donors (Lipinski definition) is 0. The predicted octanol–water partition coefficient (Wildman–Crippen LogP) is 3.79. The number of benzene rings is 2. The van der Waals surface area contributed by atoms with Crippen LogP contribution in [0.3, 0.4) is 0 Å². The van der Waals surface area contributed by atoms with Gasteiger partial charge in [0, 0.05) is 50.6 Å². The highest BCUT2D eigenvalue weighted by molar-refractivity contribution is 5.95. The molecule has 0 N–H and O–H groups in total. The maximum absolute atomic E-state index is 13.0. The number of nitrogens with zero attached hydrogens (tertiary/aromatic N) is 3. The number of pyridine rings is 1. The summed E-state index contributed by atoms with van der Waals surface area (Å²) in [5.74, 6) is 0.604. The second kappa shape index (κ2) is 10.7. The van der Waals surface area contributed by atoms with Gasteiger partial charge < -0.3 is 19.3 Å². The molecule has 2 saturated heterocycles. The average molecular weight is 472 g/mol. The van der Waals surface area contributed by atoms with Gasteiger partial charge in [-0.15, -0.1) is 0 Å². The van der Waals surface area contributed by atoms with Gasteiger partial charge in [-0.3, -0.25) is 9.59 Å². The van der Waals surface area contributed by atoms with Gasteiger partial charge in [0.05, 0.1) is 0 Å². The van der Waals surface area contributed by atoms with Crippen LogP contribution in [-0.2, 0) is 16.1 Å². The smallest absolute Gasteiger partial charge is 0.253 e. The van der Waals surface area contributed by atoms with E-state index in [4.69, 9.17) is 9.47 Å². The Morgan fingerprint density at radius 2 is 1.66 bits per heavy atom. The molecule has 1 aromatic heterocycles. The van der Waals surface area contributed by atoms with Gasteiger partial charge in [0.1, 0.15) is 12.7 Å². The summed E-state index contributed by atoms with van der Waals surface area (Å²) in [6, 6.07) is 21.4. The van der Waals surface area contributed by atoms with Gasteiger partial charge in [0.25, 0.3) is 11.8 Å². The lowest BCUT2D eigenvalue weighted by Crippen LogP contribution is -2.52. The number of aromatic nitrogens is 1. The zero-order valence-electron chi connectivity index (χ0n) is 19.6. The Morgan fingerprint density at radius 1 is 0.914 bits per heavy atom. The van der Waals surface area contributed by atoms with Crippen LogP contribution in [0.1, 0.15) is 28.8 Å². The van der Waals surface area contributed by atoms with E-state index in [2.05, 4.69) is 4.98 Å². The summed E-state index contributed by atoms with van der Waals surface area (Å²) >= 11 is 0. The zero-order chi connectivity index (χ0) is 24.0. The summed E-state index contributed by atoms with van der Waals surface area (Å²) in [4.78, 5) is 33.5. The Balaban J connectivity index is 1.17. The Labute approximate surface area is 205 Å². The molecule has 0 radical (unpaired) electrons. The predicted molar refractivity (Wildman–Crippen MR) is 132 cm³/mol. The van der Waals surface area contributed by atoms with Crippen LogP contribution in [0, 0.1) is 0 Å². The van der Waals surface area contributed by atoms with Crippen molar-refractivity contribution in [1.29, 1.82) is 0 Å². The molecular weight excluding hydrogens is 442 g/mol. The topological polar surface area (TPSA) is 72.0 Å². The first-order valence-electron chi connectivity index (χ1n) is 12.1. The molecule has 0 bridgehead atoms. The maximum Gasteiger partial charge on any atom is 0.253 e. The first kappa shape index (κ1) is 23.1. The molecule has 2 aliphatic rings. The van der Waals surface area contributed by atoms with E-state index in [9.17, 15) is 9.59 Å². The number of ether oxygens (including phenoxy) is 2. The van der Waals surface area contributed by atoms with Crippen LogP contribution in [0.5, 0.6) is 5.88 Å². The first-order valence-corrected chi connectivity index (χ1v) is 12.1. The minimum Gasteiger partial charge on any atom is -0.473 e.